The fraction of sp³-hybridized carbons (Fsp3) is 0.917. The lowest BCUT2D eigenvalue weighted by Crippen LogP contribution is -3.05. The van der Waals surface area contributed by atoms with Gasteiger partial charge in [0.2, 0.25) is 11.8 Å². The van der Waals surface area contributed by atoms with E-state index in [1.54, 1.807) is 0 Å². The van der Waals surface area contributed by atoms with Crippen LogP contribution in [0, 0.1) is 23.7 Å². The summed E-state index contributed by atoms with van der Waals surface area (Å²) in [5, 5.41) is 24.6. The zero-order valence-electron chi connectivity index (χ0n) is 45.0. The number of rotatable bonds is 29. The first-order chi connectivity index (χ1) is 28.4. The number of carbonyl (C=O) groups excluding carboxylic acids is 4. The molecule has 0 aliphatic rings. The SMILES string of the molecule is CCCC(CC)C(=O)NCCCN(C)C.CCCC(CC)C(=O)NCCC[NH+](C)C.CCCC(CC)C(=O)OCC[N+](C)(C)C.CCCC(CC)C(=O)[O-].C[N+](C)(C)CCO.O.[OH-].[OH-]. The van der Waals surface area contributed by atoms with Crippen molar-refractivity contribution in [1.82, 2.24) is 15.5 Å². The van der Waals surface area contributed by atoms with Crippen molar-refractivity contribution in [2.45, 2.75) is 145 Å². The summed E-state index contributed by atoms with van der Waals surface area (Å²) >= 11 is 0. The van der Waals surface area contributed by atoms with E-state index in [-0.39, 0.29) is 64.5 Å². The summed E-state index contributed by atoms with van der Waals surface area (Å²) in [5.41, 5.74) is 0. The normalized spacial score (nSPS) is 12.4. The van der Waals surface area contributed by atoms with Crippen LogP contribution in [0.2, 0.25) is 0 Å². The molecule has 0 heterocycles. The Morgan fingerprint density at radius 3 is 1.25 bits per heavy atom. The van der Waals surface area contributed by atoms with Gasteiger partial charge in [-0.25, -0.2) is 0 Å². The van der Waals surface area contributed by atoms with Crippen molar-refractivity contribution in [3.8, 4) is 0 Å². The number of ether oxygens (including phenoxy) is 1. The third-order valence-electron chi connectivity index (χ3n) is 9.94. The van der Waals surface area contributed by atoms with Gasteiger partial charge in [-0.2, -0.15) is 0 Å². The minimum Gasteiger partial charge on any atom is -0.870 e. The third-order valence-corrected chi connectivity index (χ3v) is 9.94. The number of carbonyl (C=O) groups is 4. The van der Waals surface area contributed by atoms with E-state index in [1.165, 1.54) is 4.90 Å². The lowest BCUT2D eigenvalue weighted by molar-refractivity contribution is -0.870. The zero-order valence-corrected chi connectivity index (χ0v) is 45.0. The summed E-state index contributed by atoms with van der Waals surface area (Å²) in [5.74, 6) is -0.133. The number of nitrogens with one attached hydrogen (secondary N) is 3. The van der Waals surface area contributed by atoms with Gasteiger partial charge in [0.25, 0.3) is 0 Å². The van der Waals surface area contributed by atoms with Crippen LogP contribution in [0.4, 0.5) is 0 Å². The molecule has 0 aromatic rings. The van der Waals surface area contributed by atoms with Gasteiger partial charge in [0.05, 0.1) is 75.5 Å². The minimum atomic E-state index is -0.903. The highest BCUT2D eigenvalue weighted by Gasteiger charge is 2.18. The maximum atomic E-state index is 11.7. The molecule has 2 amide bonds. The smallest absolute Gasteiger partial charge is 0.309 e. The molecule has 64 heavy (non-hydrogen) atoms. The number of aliphatic hydroxyl groups excluding tert-OH is 1. The summed E-state index contributed by atoms with van der Waals surface area (Å²) < 4.78 is 6.94. The number of esters is 1. The van der Waals surface area contributed by atoms with Gasteiger partial charge in [0.15, 0.2) is 0 Å². The summed E-state index contributed by atoms with van der Waals surface area (Å²) in [7, 11) is 20.8. The molecule has 0 aromatic heterocycles. The quantitative estimate of drug-likeness (QED) is 0.0484. The standard InChI is InChI=1S/2C12H26N2O.C12H26NO2.C7H14O2.C5H14NO.3H2O/c2*1-5-8-11(6-2)12(15)13-9-7-10-14(3)4;1-6-8-11(7-2)12(14)15-10-9-13(3,4)5;1-3-5-6(4-2)7(8)9;1-6(2,3)4-5-7;;;/h2*11H,5-10H2,1-4H3,(H,13,15);11H,6-10H2,1-5H3;6H,3-5H2,1-2H3,(H,8,9);7H,4-5H2,1-3H3;3*1H2/q;;+1;;+1;;;/p-2. The van der Waals surface area contributed by atoms with Crippen molar-refractivity contribution in [2.75, 3.05) is 123 Å². The second kappa shape index (κ2) is 51.5. The maximum Gasteiger partial charge on any atom is 0.309 e. The molecular formula is C48H110N6O10. The van der Waals surface area contributed by atoms with Crippen molar-refractivity contribution >= 4 is 23.8 Å². The summed E-state index contributed by atoms with van der Waals surface area (Å²) in [6.45, 7) is 22.7. The molecule has 0 fully saturated rings. The van der Waals surface area contributed by atoms with Crippen LogP contribution in [-0.4, -0.2) is 182 Å². The average molecular weight is 931 g/mol. The van der Waals surface area contributed by atoms with E-state index in [2.05, 4.69) is 107 Å². The predicted molar refractivity (Wildman–Crippen MR) is 263 cm³/mol. The number of aliphatic hydroxyl groups is 1. The second-order valence-electron chi connectivity index (χ2n) is 18.9. The Bertz CT molecular complexity index is 986. The largest absolute Gasteiger partial charge is 0.870 e. The molecule has 8 N–H and O–H groups in total. The van der Waals surface area contributed by atoms with E-state index in [0.29, 0.717) is 13.0 Å². The number of nitrogens with zero attached hydrogens (tertiary/aromatic N) is 3. The van der Waals surface area contributed by atoms with Crippen LogP contribution in [0.5, 0.6) is 0 Å². The van der Waals surface area contributed by atoms with Gasteiger partial charge >= 0.3 is 5.97 Å². The zero-order chi connectivity index (χ0) is 48.5. The van der Waals surface area contributed by atoms with Crippen LogP contribution < -0.4 is 20.6 Å². The van der Waals surface area contributed by atoms with Crippen LogP contribution in [0.1, 0.15) is 145 Å². The molecule has 0 spiro atoms. The Hall–Kier alpha value is -2.44. The first-order valence-electron chi connectivity index (χ1n) is 24.0. The van der Waals surface area contributed by atoms with Crippen LogP contribution in [0.25, 0.3) is 0 Å². The summed E-state index contributed by atoms with van der Waals surface area (Å²) in [4.78, 5) is 48.8. The minimum absolute atomic E-state index is 0. The third kappa shape index (κ3) is 59.6. The van der Waals surface area contributed by atoms with E-state index in [9.17, 15) is 24.3 Å². The van der Waals surface area contributed by atoms with E-state index >= 15 is 0 Å². The highest BCUT2D eigenvalue weighted by Crippen LogP contribution is 2.13. The molecular weight excluding hydrogens is 821 g/mol. The van der Waals surface area contributed by atoms with Gasteiger partial charge in [-0.05, 0) is 84.3 Å². The van der Waals surface area contributed by atoms with Crippen LogP contribution in [-0.2, 0) is 23.9 Å². The lowest BCUT2D eigenvalue weighted by atomic mass is 10.00. The number of hydrogen-bond donors (Lipinski definition) is 4. The first kappa shape index (κ1) is 78.7. The Balaban J connectivity index is -0.000000103. The van der Waals surface area contributed by atoms with Crippen LogP contribution in [0.3, 0.4) is 0 Å². The number of carboxylic acids is 1. The molecule has 0 aliphatic heterocycles. The lowest BCUT2D eigenvalue weighted by Gasteiger charge is -2.24. The fourth-order valence-electron chi connectivity index (χ4n) is 5.80. The summed E-state index contributed by atoms with van der Waals surface area (Å²) in [6, 6.07) is 0. The van der Waals surface area contributed by atoms with Gasteiger partial charge in [-0.3, -0.25) is 14.4 Å². The Morgan fingerprint density at radius 1 is 0.625 bits per heavy atom. The molecule has 4 atom stereocenters. The second-order valence-corrected chi connectivity index (χ2v) is 18.9. The van der Waals surface area contributed by atoms with Gasteiger partial charge in [-0.1, -0.05) is 81.1 Å². The number of amides is 2. The molecule has 0 aliphatic carbocycles. The van der Waals surface area contributed by atoms with Gasteiger partial charge in [0, 0.05) is 37.3 Å². The van der Waals surface area contributed by atoms with Crippen LogP contribution in [0.15, 0.2) is 0 Å². The maximum absolute atomic E-state index is 11.7. The van der Waals surface area contributed by atoms with Gasteiger partial charge in [-0.15, -0.1) is 0 Å². The fourth-order valence-corrected chi connectivity index (χ4v) is 5.80. The molecule has 0 radical (unpaired) electrons. The van der Waals surface area contributed by atoms with Crippen LogP contribution >= 0.6 is 0 Å². The Kier molecular flexibility index (Phi) is 63.4. The Morgan fingerprint density at radius 2 is 0.984 bits per heavy atom. The molecule has 16 heteroatoms. The van der Waals surface area contributed by atoms with E-state index in [4.69, 9.17) is 9.84 Å². The molecule has 0 saturated carbocycles. The van der Waals surface area contributed by atoms with Crippen molar-refractivity contribution in [3.05, 3.63) is 0 Å². The molecule has 4 unspecified atom stereocenters. The van der Waals surface area contributed by atoms with Gasteiger partial charge in [0.1, 0.15) is 19.7 Å². The van der Waals surface area contributed by atoms with Crippen molar-refractivity contribution in [3.63, 3.8) is 0 Å². The molecule has 0 saturated heterocycles. The summed E-state index contributed by atoms with van der Waals surface area (Å²) in [6.07, 6.45) is 13.4. The number of likely N-dealkylation sites (N-methyl/N-ethyl adjacent to an activating group) is 2. The van der Waals surface area contributed by atoms with Gasteiger partial charge < -0.3 is 65.6 Å². The van der Waals surface area contributed by atoms with Crippen molar-refractivity contribution in [2.24, 2.45) is 23.7 Å². The van der Waals surface area contributed by atoms with E-state index in [1.807, 2.05) is 34.9 Å². The average Bonchev–Trinajstić information content (AvgIpc) is 3.16. The molecule has 0 rings (SSSR count). The van der Waals surface area contributed by atoms with E-state index < -0.39 is 5.97 Å². The number of carboxylic acid groups (broad SMARTS) is 1. The molecule has 0 aromatic carbocycles. The molecule has 392 valence electrons. The number of quaternary nitrogens is 3. The molecule has 16 nitrogen and oxygen atoms in total. The highest BCUT2D eigenvalue weighted by molar-refractivity contribution is 5.78. The number of hydrogen-bond acceptors (Lipinski definition) is 10. The first-order valence-corrected chi connectivity index (χ1v) is 24.0. The monoisotopic (exact) mass is 931 g/mol. The van der Waals surface area contributed by atoms with Crippen molar-refractivity contribution in [1.29, 1.82) is 0 Å². The molecule has 0 bridgehead atoms. The van der Waals surface area contributed by atoms with Crippen molar-refractivity contribution < 1.29 is 64.4 Å². The predicted octanol–water partition coefficient (Wildman–Crippen LogP) is 3.48. The topological polar surface area (TPSA) is 244 Å². The number of aliphatic carboxylic acids is 1. The van der Waals surface area contributed by atoms with E-state index in [0.717, 1.165) is 132 Å². The highest BCUT2D eigenvalue weighted by atomic mass is 16.5. The Labute approximate surface area is 394 Å².